The van der Waals surface area contributed by atoms with Gasteiger partial charge in [-0.1, -0.05) is 11.6 Å². The quantitative estimate of drug-likeness (QED) is 0.714. The zero-order valence-electron chi connectivity index (χ0n) is 13.0. The summed E-state index contributed by atoms with van der Waals surface area (Å²) < 4.78 is 15.4. The zero-order chi connectivity index (χ0) is 17.7. The number of benzene rings is 1. The maximum Gasteiger partial charge on any atom is 0.361 e. The van der Waals surface area contributed by atoms with Gasteiger partial charge in [0.15, 0.2) is 23.8 Å². The van der Waals surface area contributed by atoms with Crippen LogP contribution in [0.2, 0.25) is 5.02 Å². The van der Waals surface area contributed by atoms with Gasteiger partial charge in [-0.25, -0.2) is 4.79 Å². The summed E-state index contributed by atoms with van der Waals surface area (Å²) in [6, 6.07) is 3.05. The van der Waals surface area contributed by atoms with Gasteiger partial charge < -0.3 is 19.9 Å². The number of nitrogens with one attached hydrogen (secondary N) is 1. The number of amides is 1. The second kappa shape index (κ2) is 7.64. The lowest BCUT2D eigenvalue weighted by molar-refractivity contribution is -0.119. The Morgan fingerprint density at radius 3 is 2.71 bits per heavy atom. The summed E-state index contributed by atoms with van der Waals surface area (Å²) in [5.41, 5.74) is 5.77. The number of hydrogen-bond acceptors (Lipinski definition) is 7. The Labute approximate surface area is 142 Å². The predicted octanol–water partition coefficient (Wildman–Crippen LogP) is 1.17. The van der Waals surface area contributed by atoms with Gasteiger partial charge in [-0.15, -0.1) is 5.10 Å². The third-order valence-electron chi connectivity index (χ3n) is 2.88. The molecule has 0 fully saturated rings. The minimum atomic E-state index is -0.654. The summed E-state index contributed by atoms with van der Waals surface area (Å²) in [5.74, 6) is -0.872. The lowest BCUT2D eigenvalue weighted by atomic mass is 10.1. The highest BCUT2D eigenvalue weighted by atomic mass is 35.5. The first kappa shape index (κ1) is 17.5. The SMILES string of the molecule is CCOC(=O)c1n[nH]nc1-c1cc(Cl)c(OCC(N)=O)c(OC)c1. The van der Waals surface area contributed by atoms with E-state index in [-0.39, 0.29) is 41.1 Å². The maximum atomic E-state index is 11.9. The van der Waals surface area contributed by atoms with Gasteiger partial charge in [-0.05, 0) is 19.1 Å². The van der Waals surface area contributed by atoms with Gasteiger partial charge in [0, 0.05) is 5.56 Å². The average Bonchev–Trinajstić information content (AvgIpc) is 3.02. The van der Waals surface area contributed by atoms with E-state index in [1.54, 1.807) is 13.0 Å². The molecule has 2 rings (SSSR count). The number of rotatable bonds is 7. The summed E-state index contributed by atoms with van der Waals surface area (Å²) in [5, 5.41) is 10.3. The van der Waals surface area contributed by atoms with Crippen molar-refractivity contribution in [1.29, 1.82) is 0 Å². The van der Waals surface area contributed by atoms with Crippen LogP contribution in [0.3, 0.4) is 0 Å². The topological polar surface area (TPSA) is 129 Å². The number of nitrogens with zero attached hydrogens (tertiary/aromatic N) is 2. The molecule has 3 N–H and O–H groups in total. The van der Waals surface area contributed by atoms with E-state index in [0.717, 1.165) is 0 Å². The standard InChI is InChI=1S/C14H15ClN4O5/c1-3-23-14(21)12-11(17-19-18-12)7-4-8(15)13(9(5-7)22-2)24-6-10(16)20/h4-5H,3,6H2,1-2H3,(H2,16,20)(H,17,18,19). The molecule has 0 atom stereocenters. The van der Waals surface area contributed by atoms with Gasteiger partial charge in [0.05, 0.1) is 18.7 Å². The summed E-state index contributed by atoms with van der Waals surface area (Å²) in [4.78, 5) is 22.8. The molecule has 0 saturated carbocycles. The number of carbonyl (C=O) groups is 2. The molecule has 1 aromatic carbocycles. The third-order valence-corrected chi connectivity index (χ3v) is 3.16. The lowest BCUT2D eigenvalue weighted by Gasteiger charge is -2.13. The fraction of sp³-hybridized carbons (Fsp3) is 0.286. The Kier molecular flexibility index (Phi) is 5.59. The van der Waals surface area contributed by atoms with Crippen molar-refractivity contribution in [2.24, 2.45) is 5.73 Å². The molecule has 0 radical (unpaired) electrons. The van der Waals surface area contributed by atoms with Crippen molar-refractivity contribution in [3.05, 3.63) is 22.8 Å². The smallest absolute Gasteiger partial charge is 0.361 e. The molecule has 0 aliphatic rings. The van der Waals surface area contributed by atoms with Crippen molar-refractivity contribution >= 4 is 23.5 Å². The molecule has 1 aromatic heterocycles. The van der Waals surface area contributed by atoms with Crippen molar-refractivity contribution in [3.63, 3.8) is 0 Å². The highest BCUT2D eigenvalue weighted by Crippen LogP contribution is 2.39. The maximum absolute atomic E-state index is 11.9. The summed E-state index contributed by atoms with van der Waals surface area (Å²) in [7, 11) is 1.40. The number of aromatic nitrogens is 3. The van der Waals surface area contributed by atoms with Crippen LogP contribution >= 0.6 is 11.6 Å². The highest BCUT2D eigenvalue weighted by Gasteiger charge is 2.22. The number of carbonyl (C=O) groups excluding carboxylic acids is 2. The van der Waals surface area contributed by atoms with Crippen LogP contribution in [0.1, 0.15) is 17.4 Å². The number of hydrogen-bond donors (Lipinski definition) is 2. The van der Waals surface area contributed by atoms with E-state index in [1.807, 2.05) is 0 Å². The number of halogens is 1. The average molecular weight is 355 g/mol. The predicted molar refractivity (Wildman–Crippen MR) is 84.0 cm³/mol. The molecule has 9 nitrogen and oxygen atoms in total. The molecule has 24 heavy (non-hydrogen) atoms. The van der Waals surface area contributed by atoms with Gasteiger partial charge in [0.2, 0.25) is 0 Å². The number of esters is 1. The van der Waals surface area contributed by atoms with Crippen molar-refractivity contribution < 1.29 is 23.8 Å². The first-order valence-corrected chi connectivity index (χ1v) is 7.22. The van der Waals surface area contributed by atoms with Crippen LogP contribution in [-0.4, -0.2) is 47.6 Å². The molecule has 2 aromatic rings. The fourth-order valence-electron chi connectivity index (χ4n) is 1.91. The van der Waals surface area contributed by atoms with Gasteiger partial charge in [-0.2, -0.15) is 10.3 Å². The number of aromatic amines is 1. The Bertz CT molecular complexity index is 762. The van der Waals surface area contributed by atoms with E-state index >= 15 is 0 Å². The molecule has 0 spiro atoms. The second-order valence-corrected chi connectivity index (χ2v) is 4.89. The molecular formula is C14H15ClN4O5. The Morgan fingerprint density at radius 2 is 2.08 bits per heavy atom. The molecule has 128 valence electrons. The Morgan fingerprint density at radius 1 is 1.33 bits per heavy atom. The molecule has 0 aliphatic carbocycles. The Balaban J connectivity index is 2.43. The van der Waals surface area contributed by atoms with Crippen molar-refractivity contribution in [1.82, 2.24) is 15.4 Å². The summed E-state index contributed by atoms with van der Waals surface area (Å²) >= 11 is 6.18. The molecule has 0 unspecified atom stereocenters. The van der Waals surface area contributed by atoms with Crippen LogP contribution < -0.4 is 15.2 Å². The van der Waals surface area contributed by atoms with Crippen LogP contribution in [0.5, 0.6) is 11.5 Å². The lowest BCUT2D eigenvalue weighted by Crippen LogP contribution is -2.20. The number of ether oxygens (including phenoxy) is 3. The van der Waals surface area contributed by atoms with Crippen LogP contribution in [-0.2, 0) is 9.53 Å². The van der Waals surface area contributed by atoms with Gasteiger partial charge in [-0.3, -0.25) is 4.79 Å². The van der Waals surface area contributed by atoms with E-state index in [0.29, 0.717) is 5.56 Å². The van der Waals surface area contributed by atoms with Crippen molar-refractivity contribution in [3.8, 4) is 22.8 Å². The van der Waals surface area contributed by atoms with Crippen LogP contribution in [0, 0.1) is 0 Å². The molecule has 10 heteroatoms. The number of primary amides is 1. The first-order chi connectivity index (χ1) is 11.5. The second-order valence-electron chi connectivity index (χ2n) is 4.49. The van der Waals surface area contributed by atoms with Gasteiger partial charge >= 0.3 is 5.97 Å². The minimum Gasteiger partial charge on any atom is -0.493 e. The number of nitrogens with two attached hydrogens (primary N) is 1. The number of H-pyrrole nitrogens is 1. The van der Waals surface area contributed by atoms with E-state index in [2.05, 4.69) is 15.4 Å². The molecular weight excluding hydrogens is 340 g/mol. The van der Waals surface area contributed by atoms with Crippen LogP contribution in [0.15, 0.2) is 12.1 Å². The zero-order valence-corrected chi connectivity index (χ0v) is 13.7. The highest BCUT2D eigenvalue weighted by molar-refractivity contribution is 6.32. The summed E-state index contributed by atoms with van der Waals surface area (Å²) in [6.45, 7) is 1.53. The van der Waals surface area contributed by atoms with E-state index in [9.17, 15) is 9.59 Å². The van der Waals surface area contributed by atoms with E-state index in [1.165, 1.54) is 13.2 Å². The first-order valence-electron chi connectivity index (χ1n) is 6.84. The van der Waals surface area contributed by atoms with Crippen molar-refractivity contribution in [2.75, 3.05) is 20.3 Å². The number of methoxy groups -OCH3 is 1. The summed E-state index contributed by atoms with van der Waals surface area (Å²) in [6.07, 6.45) is 0. The Hall–Kier alpha value is -2.81. The van der Waals surface area contributed by atoms with Crippen molar-refractivity contribution in [2.45, 2.75) is 6.92 Å². The molecule has 1 heterocycles. The van der Waals surface area contributed by atoms with E-state index in [4.69, 9.17) is 31.5 Å². The largest absolute Gasteiger partial charge is 0.493 e. The van der Waals surface area contributed by atoms with Gasteiger partial charge in [0.25, 0.3) is 5.91 Å². The monoisotopic (exact) mass is 354 g/mol. The fourth-order valence-corrected chi connectivity index (χ4v) is 2.18. The molecule has 0 aliphatic heterocycles. The molecule has 0 bridgehead atoms. The minimum absolute atomic E-state index is 0.0146. The van der Waals surface area contributed by atoms with E-state index < -0.39 is 11.9 Å². The normalized spacial score (nSPS) is 10.3. The molecule has 0 saturated heterocycles. The third kappa shape index (κ3) is 3.74. The van der Waals surface area contributed by atoms with Crippen LogP contribution in [0.25, 0.3) is 11.3 Å². The van der Waals surface area contributed by atoms with Gasteiger partial charge in [0.1, 0.15) is 5.69 Å². The molecule has 1 amide bonds. The van der Waals surface area contributed by atoms with Crippen LogP contribution in [0.4, 0.5) is 0 Å².